The number of rotatable bonds is 5. The standard InChI is InChI=1S/C20H25N3O2S/c1-14-11-23(12-15(2)25-14)13-17-7-5-16(6-8-17)10-22-19(24)18-4-3-9-21-20(18)26/h3-9,14-15H,10-13H2,1-2H3,(H,21,26)(H,22,24)/t14-,15-/m0/s1. The van der Waals surface area contributed by atoms with Crippen molar-refractivity contribution in [2.24, 2.45) is 0 Å². The van der Waals surface area contributed by atoms with Crippen LogP contribution in [-0.4, -0.2) is 41.1 Å². The molecule has 1 aliphatic heterocycles. The van der Waals surface area contributed by atoms with Crippen LogP contribution in [0.1, 0.15) is 35.3 Å². The maximum atomic E-state index is 12.2. The lowest BCUT2D eigenvalue weighted by atomic mass is 10.1. The number of benzene rings is 1. The van der Waals surface area contributed by atoms with E-state index in [1.54, 1.807) is 18.3 Å². The fourth-order valence-corrected chi connectivity index (χ4v) is 3.54. The van der Waals surface area contributed by atoms with Crippen LogP contribution in [0.15, 0.2) is 42.6 Å². The first kappa shape index (κ1) is 18.8. The molecule has 6 heteroatoms. The van der Waals surface area contributed by atoms with Crippen molar-refractivity contribution in [2.45, 2.75) is 39.1 Å². The number of hydrogen-bond donors (Lipinski definition) is 2. The second kappa shape index (κ2) is 8.58. The van der Waals surface area contributed by atoms with Gasteiger partial charge in [0.05, 0.1) is 17.8 Å². The number of morpholine rings is 1. The van der Waals surface area contributed by atoms with Gasteiger partial charge in [0.25, 0.3) is 5.91 Å². The van der Waals surface area contributed by atoms with Gasteiger partial charge in [-0.1, -0.05) is 36.5 Å². The summed E-state index contributed by atoms with van der Waals surface area (Å²) in [5, 5.41) is 2.92. The first-order chi connectivity index (χ1) is 12.5. The van der Waals surface area contributed by atoms with E-state index in [2.05, 4.69) is 53.3 Å². The third-order valence-electron chi connectivity index (χ3n) is 4.44. The fraction of sp³-hybridized carbons (Fsp3) is 0.400. The van der Waals surface area contributed by atoms with Crippen LogP contribution in [-0.2, 0) is 17.8 Å². The lowest BCUT2D eigenvalue weighted by Gasteiger charge is -2.35. The van der Waals surface area contributed by atoms with Crippen molar-refractivity contribution in [2.75, 3.05) is 13.1 Å². The predicted octanol–water partition coefficient (Wildman–Crippen LogP) is 3.28. The Labute approximate surface area is 159 Å². The largest absolute Gasteiger partial charge is 0.373 e. The molecule has 0 unspecified atom stereocenters. The Balaban J connectivity index is 1.54. The van der Waals surface area contributed by atoms with E-state index in [9.17, 15) is 4.79 Å². The third-order valence-corrected chi connectivity index (χ3v) is 4.78. The first-order valence-electron chi connectivity index (χ1n) is 8.93. The zero-order valence-corrected chi connectivity index (χ0v) is 16.0. The molecule has 2 aromatic rings. The van der Waals surface area contributed by atoms with Crippen LogP contribution in [0.4, 0.5) is 0 Å². The molecular weight excluding hydrogens is 346 g/mol. The molecular formula is C20H25N3O2S. The fourth-order valence-electron chi connectivity index (χ4n) is 3.31. The van der Waals surface area contributed by atoms with Crippen molar-refractivity contribution >= 4 is 18.1 Å². The molecule has 1 amide bonds. The van der Waals surface area contributed by atoms with Crippen LogP contribution in [0.5, 0.6) is 0 Å². The number of pyridine rings is 1. The van der Waals surface area contributed by atoms with E-state index in [4.69, 9.17) is 17.0 Å². The smallest absolute Gasteiger partial charge is 0.254 e. The summed E-state index contributed by atoms with van der Waals surface area (Å²) in [6.45, 7) is 7.55. The Morgan fingerprint density at radius 3 is 2.50 bits per heavy atom. The van der Waals surface area contributed by atoms with Crippen molar-refractivity contribution in [3.05, 3.63) is 63.9 Å². The van der Waals surface area contributed by atoms with Crippen LogP contribution >= 0.6 is 12.2 Å². The van der Waals surface area contributed by atoms with Gasteiger partial charge < -0.3 is 15.0 Å². The Morgan fingerprint density at radius 2 is 1.85 bits per heavy atom. The van der Waals surface area contributed by atoms with Gasteiger partial charge in [0.2, 0.25) is 0 Å². The van der Waals surface area contributed by atoms with Crippen LogP contribution in [0.3, 0.4) is 0 Å². The highest BCUT2D eigenvalue weighted by molar-refractivity contribution is 7.71. The van der Waals surface area contributed by atoms with Gasteiger partial charge in [-0.3, -0.25) is 9.69 Å². The van der Waals surface area contributed by atoms with Crippen LogP contribution in [0, 0.1) is 4.64 Å². The van der Waals surface area contributed by atoms with Gasteiger partial charge in [0.1, 0.15) is 4.64 Å². The number of carbonyl (C=O) groups excluding carboxylic acids is 1. The molecule has 0 aliphatic carbocycles. The molecule has 26 heavy (non-hydrogen) atoms. The molecule has 0 saturated carbocycles. The molecule has 0 spiro atoms. The zero-order chi connectivity index (χ0) is 18.5. The molecule has 1 saturated heterocycles. The van der Waals surface area contributed by atoms with Crippen molar-refractivity contribution < 1.29 is 9.53 Å². The molecule has 5 nitrogen and oxygen atoms in total. The second-order valence-electron chi connectivity index (χ2n) is 6.86. The number of nitrogens with one attached hydrogen (secondary N) is 2. The minimum atomic E-state index is -0.160. The molecule has 2 heterocycles. The Morgan fingerprint density at radius 1 is 1.19 bits per heavy atom. The lowest BCUT2D eigenvalue weighted by molar-refractivity contribution is -0.0704. The number of aromatic amines is 1. The summed E-state index contributed by atoms with van der Waals surface area (Å²) in [5.41, 5.74) is 2.83. The number of hydrogen-bond acceptors (Lipinski definition) is 4. The maximum Gasteiger partial charge on any atom is 0.254 e. The van der Waals surface area contributed by atoms with Crippen molar-refractivity contribution in [3.8, 4) is 0 Å². The second-order valence-corrected chi connectivity index (χ2v) is 7.27. The van der Waals surface area contributed by atoms with Gasteiger partial charge in [0, 0.05) is 32.4 Å². The summed E-state index contributed by atoms with van der Waals surface area (Å²) >= 11 is 5.14. The predicted molar refractivity (Wildman–Crippen MR) is 105 cm³/mol. The van der Waals surface area contributed by atoms with Gasteiger partial charge in [-0.2, -0.15) is 0 Å². The lowest BCUT2D eigenvalue weighted by Crippen LogP contribution is -2.44. The van der Waals surface area contributed by atoms with E-state index in [1.165, 1.54) is 5.56 Å². The maximum absolute atomic E-state index is 12.2. The minimum absolute atomic E-state index is 0.160. The first-order valence-corrected chi connectivity index (χ1v) is 9.33. The van der Waals surface area contributed by atoms with Gasteiger partial charge in [-0.05, 0) is 37.1 Å². The van der Waals surface area contributed by atoms with E-state index >= 15 is 0 Å². The minimum Gasteiger partial charge on any atom is -0.373 e. The highest BCUT2D eigenvalue weighted by Gasteiger charge is 2.21. The van der Waals surface area contributed by atoms with E-state index in [0.29, 0.717) is 16.7 Å². The third kappa shape index (κ3) is 5.00. The Hall–Kier alpha value is -2.02. The SMILES string of the molecule is C[C@H]1CN(Cc2ccc(CNC(=O)c3ccc[nH]c3=S)cc2)C[C@H](C)O1. The molecule has 0 bridgehead atoms. The summed E-state index contributed by atoms with van der Waals surface area (Å²) in [5.74, 6) is -0.160. The summed E-state index contributed by atoms with van der Waals surface area (Å²) in [4.78, 5) is 17.5. The van der Waals surface area contributed by atoms with Crippen molar-refractivity contribution in [1.29, 1.82) is 0 Å². The topological polar surface area (TPSA) is 57.4 Å². The van der Waals surface area contributed by atoms with Gasteiger partial charge in [-0.25, -0.2) is 0 Å². The van der Waals surface area contributed by atoms with Gasteiger partial charge >= 0.3 is 0 Å². The van der Waals surface area contributed by atoms with Crippen molar-refractivity contribution in [3.63, 3.8) is 0 Å². The molecule has 2 N–H and O–H groups in total. The zero-order valence-electron chi connectivity index (χ0n) is 15.2. The number of aromatic nitrogens is 1. The number of ether oxygens (including phenoxy) is 1. The van der Waals surface area contributed by atoms with Crippen molar-refractivity contribution in [1.82, 2.24) is 15.2 Å². The summed E-state index contributed by atoms with van der Waals surface area (Å²) < 4.78 is 6.23. The normalized spacial score (nSPS) is 20.7. The summed E-state index contributed by atoms with van der Waals surface area (Å²) in [6, 6.07) is 11.9. The molecule has 0 radical (unpaired) electrons. The summed E-state index contributed by atoms with van der Waals surface area (Å²) in [6.07, 6.45) is 2.27. The summed E-state index contributed by atoms with van der Waals surface area (Å²) in [7, 11) is 0. The monoisotopic (exact) mass is 371 g/mol. The number of carbonyl (C=O) groups is 1. The van der Waals surface area contributed by atoms with E-state index in [-0.39, 0.29) is 18.1 Å². The molecule has 1 aliphatic rings. The Bertz CT molecular complexity index is 793. The molecule has 138 valence electrons. The Kier molecular flexibility index (Phi) is 6.19. The molecule has 1 aromatic carbocycles. The van der Waals surface area contributed by atoms with Crippen LogP contribution in [0.2, 0.25) is 0 Å². The molecule has 1 fully saturated rings. The molecule has 1 aromatic heterocycles. The quantitative estimate of drug-likeness (QED) is 0.792. The van der Waals surface area contributed by atoms with E-state index in [1.807, 2.05) is 0 Å². The van der Waals surface area contributed by atoms with Crippen LogP contribution < -0.4 is 5.32 Å². The van der Waals surface area contributed by atoms with Gasteiger partial charge in [0.15, 0.2) is 0 Å². The number of nitrogens with zero attached hydrogens (tertiary/aromatic N) is 1. The van der Waals surface area contributed by atoms with E-state index < -0.39 is 0 Å². The van der Waals surface area contributed by atoms with E-state index in [0.717, 1.165) is 25.2 Å². The average molecular weight is 372 g/mol. The average Bonchev–Trinajstić information content (AvgIpc) is 2.60. The number of amides is 1. The highest BCUT2D eigenvalue weighted by Crippen LogP contribution is 2.15. The molecule has 2 atom stereocenters. The van der Waals surface area contributed by atoms with Gasteiger partial charge in [-0.15, -0.1) is 0 Å². The van der Waals surface area contributed by atoms with Crippen LogP contribution in [0.25, 0.3) is 0 Å². The number of H-pyrrole nitrogens is 1. The highest BCUT2D eigenvalue weighted by atomic mass is 32.1. The molecule has 3 rings (SSSR count).